The van der Waals surface area contributed by atoms with E-state index in [4.69, 9.17) is 0 Å². The summed E-state index contributed by atoms with van der Waals surface area (Å²) in [5.74, 6) is -0.554. The number of pyridine rings is 1. The van der Waals surface area contributed by atoms with E-state index in [1.807, 2.05) is 18.4 Å². The quantitative estimate of drug-likeness (QED) is 0.565. The van der Waals surface area contributed by atoms with Crippen LogP contribution < -0.4 is 5.32 Å². The van der Waals surface area contributed by atoms with Crippen molar-refractivity contribution in [1.82, 2.24) is 24.1 Å². The van der Waals surface area contributed by atoms with Crippen LogP contribution in [0, 0.1) is 5.82 Å². The fourth-order valence-corrected chi connectivity index (χ4v) is 5.21. The molecule has 4 rings (SSSR count). The number of halogens is 1. The van der Waals surface area contributed by atoms with E-state index in [1.54, 1.807) is 31.5 Å². The second-order valence-electron chi connectivity index (χ2n) is 8.20. The fourth-order valence-electron chi connectivity index (χ4n) is 3.76. The van der Waals surface area contributed by atoms with Crippen LogP contribution in [-0.2, 0) is 23.1 Å². The third kappa shape index (κ3) is 4.64. The topological polar surface area (TPSA) is 110 Å². The lowest BCUT2D eigenvalue weighted by Crippen LogP contribution is -2.27. The predicted octanol–water partition coefficient (Wildman–Crippen LogP) is 3.37. The Kier molecular flexibility index (Phi) is 6.26. The summed E-state index contributed by atoms with van der Waals surface area (Å²) in [5.41, 5.74) is 1.54. The van der Waals surface area contributed by atoms with Crippen LogP contribution in [0.3, 0.4) is 0 Å². The van der Waals surface area contributed by atoms with Gasteiger partial charge in [-0.25, -0.2) is 17.8 Å². The fraction of sp³-hybridized carbons (Fsp3) is 0.364. The lowest BCUT2D eigenvalue weighted by molar-refractivity contribution is 0.102. The van der Waals surface area contributed by atoms with E-state index in [9.17, 15) is 17.6 Å². The molecule has 0 aliphatic carbocycles. The van der Waals surface area contributed by atoms with E-state index in [0.29, 0.717) is 29.1 Å². The first-order valence-corrected chi connectivity index (χ1v) is 12.3. The van der Waals surface area contributed by atoms with Gasteiger partial charge < -0.3 is 9.88 Å². The molecule has 3 aromatic rings. The zero-order valence-corrected chi connectivity index (χ0v) is 19.4. The molecule has 0 radical (unpaired) electrons. The first-order valence-electron chi connectivity index (χ1n) is 10.7. The lowest BCUT2D eigenvalue weighted by atomic mass is 10.1. The molecule has 2 aromatic heterocycles. The van der Waals surface area contributed by atoms with E-state index >= 15 is 0 Å². The Bertz CT molecular complexity index is 1310. The standard InChI is InChI=1S/C22H25FN6O3S/c1-4-8-33(31,32)28-11-15-9-17(18(23)10-16(15)12-28)22(30)26-20-7-5-6-19(25-20)21-27-24-13-29(21)14(2)3/h5-7,9-10,13-14H,4,8,11-12H2,1-3H3,(H,25,26,30). The number of benzene rings is 1. The van der Waals surface area contributed by atoms with Crippen LogP contribution in [0.25, 0.3) is 11.5 Å². The molecule has 0 saturated heterocycles. The average molecular weight is 473 g/mol. The first kappa shape index (κ1) is 23.0. The normalized spacial score (nSPS) is 14.0. The molecule has 1 aliphatic rings. The van der Waals surface area contributed by atoms with E-state index < -0.39 is 21.7 Å². The van der Waals surface area contributed by atoms with Crippen molar-refractivity contribution in [2.45, 2.75) is 46.3 Å². The summed E-state index contributed by atoms with van der Waals surface area (Å²) < 4.78 is 42.7. The lowest BCUT2D eigenvalue weighted by Gasteiger charge is -2.14. The van der Waals surface area contributed by atoms with Crippen molar-refractivity contribution in [3.63, 3.8) is 0 Å². The minimum absolute atomic E-state index is 0.0311. The number of hydrogen-bond donors (Lipinski definition) is 1. The van der Waals surface area contributed by atoms with E-state index in [-0.39, 0.29) is 36.3 Å². The second-order valence-corrected chi connectivity index (χ2v) is 10.3. The van der Waals surface area contributed by atoms with Gasteiger partial charge in [0.1, 0.15) is 23.7 Å². The number of nitrogens with one attached hydrogen (secondary N) is 1. The van der Waals surface area contributed by atoms with Gasteiger partial charge in [-0.3, -0.25) is 4.79 Å². The zero-order valence-electron chi connectivity index (χ0n) is 18.6. The summed E-state index contributed by atoms with van der Waals surface area (Å²) in [4.78, 5) is 17.3. The Balaban J connectivity index is 1.56. The third-order valence-electron chi connectivity index (χ3n) is 5.43. The number of hydrogen-bond acceptors (Lipinski definition) is 6. The number of rotatable bonds is 7. The van der Waals surface area contributed by atoms with Gasteiger partial charge in [-0.05, 0) is 55.7 Å². The molecule has 9 nitrogen and oxygen atoms in total. The molecular formula is C22H25FN6O3S. The first-order chi connectivity index (χ1) is 15.7. The van der Waals surface area contributed by atoms with Crippen molar-refractivity contribution in [3.8, 4) is 11.5 Å². The molecule has 0 unspecified atom stereocenters. The molecule has 0 spiro atoms. The highest BCUT2D eigenvalue weighted by molar-refractivity contribution is 7.89. The van der Waals surface area contributed by atoms with Crippen LogP contribution >= 0.6 is 0 Å². The van der Waals surface area contributed by atoms with Gasteiger partial charge in [-0.1, -0.05) is 13.0 Å². The van der Waals surface area contributed by atoms with Crippen molar-refractivity contribution in [1.29, 1.82) is 0 Å². The summed E-state index contributed by atoms with van der Waals surface area (Å²) >= 11 is 0. The van der Waals surface area contributed by atoms with Crippen molar-refractivity contribution in [2.24, 2.45) is 0 Å². The highest BCUT2D eigenvalue weighted by Crippen LogP contribution is 2.29. The summed E-state index contributed by atoms with van der Waals surface area (Å²) in [6, 6.07) is 7.84. The van der Waals surface area contributed by atoms with Crippen molar-refractivity contribution < 1.29 is 17.6 Å². The monoisotopic (exact) mass is 472 g/mol. The number of anilines is 1. The number of carbonyl (C=O) groups is 1. The van der Waals surface area contributed by atoms with Crippen LogP contribution in [0.1, 0.15) is 54.7 Å². The Hall–Kier alpha value is -3.18. The number of sulfonamides is 1. The molecule has 11 heteroatoms. The van der Waals surface area contributed by atoms with Crippen LogP contribution in [0.15, 0.2) is 36.7 Å². The molecule has 0 saturated carbocycles. The number of amides is 1. The Morgan fingerprint density at radius 2 is 1.94 bits per heavy atom. The summed E-state index contributed by atoms with van der Waals surface area (Å²) in [6.45, 7) is 6.00. The van der Waals surface area contributed by atoms with Gasteiger partial charge in [0.05, 0.1) is 11.3 Å². The van der Waals surface area contributed by atoms with Crippen LogP contribution in [-0.4, -0.2) is 44.1 Å². The molecule has 1 aromatic carbocycles. The molecule has 1 amide bonds. The number of carbonyl (C=O) groups excluding carboxylic acids is 1. The smallest absolute Gasteiger partial charge is 0.259 e. The van der Waals surface area contributed by atoms with Crippen LogP contribution in [0.5, 0.6) is 0 Å². The maximum atomic E-state index is 14.7. The number of aromatic nitrogens is 4. The molecular weight excluding hydrogens is 447 g/mol. The van der Waals surface area contributed by atoms with Crippen molar-refractivity contribution in [2.75, 3.05) is 11.1 Å². The summed E-state index contributed by atoms with van der Waals surface area (Å²) in [6.07, 6.45) is 2.10. The minimum Gasteiger partial charge on any atom is -0.310 e. The SMILES string of the molecule is CCCS(=O)(=O)N1Cc2cc(F)c(C(=O)Nc3cccc(-c4nncn4C(C)C)n3)cc2C1. The van der Waals surface area contributed by atoms with Gasteiger partial charge in [0.2, 0.25) is 10.0 Å². The number of fused-ring (bicyclic) bond motifs is 1. The molecule has 174 valence electrons. The Morgan fingerprint density at radius 3 is 2.64 bits per heavy atom. The van der Waals surface area contributed by atoms with Crippen molar-refractivity contribution in [3.05, 3.63) is 59.2 Å². The van der Waals surface area contributed by atoms with Gasteiger partial charge in [0, 0.05) is 19.1 Å². The zero-order chi connectivity index (χ0) is 23.8. The molecule has 0 fully saturated rings. The maximum absolute atomic E-state index is 14.7. The molecule has 33 heavy (non-hydrogen) atoms. The molecule has 0 atom stereocenters. The second kappa shape index (κ2) is 8.99. The maximum Gasteiger partial charge on any atom is 0.259 e. The molecule has 3 heterocycles. The van der Waals surface area contributed by atoms with Crippen LogP contribution in [0.4, 0.5) is 10.2 Å². The average Bonchev–Trinajstić information content (AvgIpc) is 3.40. The van der Waals surface area contributed by atoms with Crippen LogP contribution in [0.2, 0.25) is 0 Å². The molecule has 1 N–H and O–H groups in total. The predicted molar refractivity (Wildman–Crippen MR) is 121 cm³/mol. The highest BCUT2D eigenvalue weighted by Gasteiger charge is 2.30. The van der Waals surface area contributed by atoms with E-state index in [0.717, 1.165) is 0 Å². The molecule has 0 bridgehead atoms. The Morgan fingerprint density at radius 1 is 1.21 bits per heavy atom. The Labute approximate surface area is 191 Å². The third-order valence-corrected chi connectivity index (χ3v) is 7.40. The summed E-state index contributed by atoms with van der Waals surface area (Å²) in [5, 5.41) is 10.7. The van der Waals surface area contributed by atoms with Gasteiger partial charge >= 0.3 is 0 Å². The number of nitrogens with zero attached hydrogens (tertiary/aromatic N) is 5. The van der Waals surface area contributed by atoms with Gasteiger partial charge in [-0.15, -0.1) is 10.2 Å². The van der Waals surface area contributed by atoms with Gasteiger partial charge in [0.15, 0.2) is 5.82 Å². The minimum atomic E-state index is -3.42. The van der Waals surface area contributed by atoms with Gasteiger partial charge in [-0.2, -0.15) is 4.31 Å². The summed E-state index contributed by atoms with van der Waals surface area (Å²) in [7, 11) is -3.42. The largest absolute Gasteiger partial charge is 0.310 e. The highest BCUT2D eigenvalue weighted by atomic mass is 32.2. The van der Waals surface area contributed by atoms with Crippen molar-refractivity contribution >= 4 is 21.7 Å². The van der Waals surface area contributed by atoms with E-state index in [2.05, 4.69) is 20.5 Å². The van der Waals surface area contributed by atoms with Gasteiger partial charge in [0.25, 0.3) is 5.91 Å². The molecule has 1 aliphatic heterocycles. The van der Waals surface area contributed by atoms with E-state index in [1.165, 1.54) is 16.4 Å².